The van der Waals surface area contributed by atoms with Crippen LogP contribution in [0.5, 0.6) is 0 Å². The third kappa shape index (κ3) is 8.12. The Bertz CT molecular complexity index is 4090. The predicted molar refractivity (Wildman–Crippen MR) is 357 cm³/mol. The van der Waals surface area contributed by atoms with Crippen molar-refractivity contribution in [2.24, 2.45) is 0 Å². The summed E-state index contributed by atoms with van der Waals surface area (Å²) in [7, 11) is 0.861. The highest BCUT2D eigenvalue weighted by molar-refractivity contribution is 7.99. The van der Waals surface area contributed by atoms with E-state index < -0.39 is 0 Å². The summed E-state index contributed by atoms with van der Waals surface area (Å²) in [5, 5.41) is 9.66. The van der Waals surface area contributed by atoms with Gasteiger partial charge in [-0.2, -0.15) is 0 Å². The zero-order chi connectivity index (χ0) is 57.1. The van der Waals surface area contributed by atoms with E-state index in [0.717, 1.165) is 13.0 Å². The molecule has 0 saturated heterocycles. The van der Waals surface area contributed by atoms with Crippen LogP contribution in [-0.2, 0) is 43.3 Å². The van der Waals surface area contributed by atoms with Crippen molar-refractivity contribution >= 4 is 95.0 Å². The molecule has 0 bridgehead atoms. The van der Waals surface area contributed by atoms with Crippen molar-refractivity contribution in [3.05, 3.63) is 158 Å². The van der Waals surface area contributed by atoms with Crippen molar-refractivity contribution in [2.75, 3.05) is 16.0 Å². The molecule has 81 heavy (non-hydrogen) atoms. The molecular weight excluding hydrogens is 1020 g/mol. The minimum atomic E-state index is 0.0612. The fraction of sp³-hybridized carbons (Fsp3) is 0.447. The molecule has 0 spiro atoms. The first-order chi connectivity index (χ1) is 38.0. The topological polar surface area (TPSA) is 15.3 Å². The summed E-state index contributed by atoms with van der Waals surface area (Å²) in [6.45, 7) is 42.1. The summed E-state index contributed by atoms with van der Waals surface area (Å²) >= 11 is 4.11. The van der Waals surface area contributed by atoms with Crippen LogP contribution in [0, 0.1) is 6.92 Å². The second-order valence-corrected chi connectivity index (χ2v) is 33.7. The minimum absolute atomic E-state index is 0.0612. The third-order valence-corrected chi connectivity index (χ3v) is 24.6. The number of hydrogen-bond donors (Lipinski definition) is 1. The predicted octanol–water partition coefficient (Wildman–Crippen LogP) is 21.0. The van der Waals surface area contributed by atoms with Gasteiger partial charge in [-0.1, -0.05) is 159 Å². The Kier molecular flexibility index (Phi) is 11.6. The highest BCUT2D eigenvalue weighted by Crippen LogP contribution is 2.57. The molecule has 0 fully saturated rings. The van der Waals surface area contributed by atoms with Crippen LogP contribution in [0.4, 0.5) is 22.7 Å². The maximum atomic E-state index is 4.28. The summed E-state index contributed by atoms with van der Waals surface area (Å²) < 4.78 is 2.78. The van der Waals surface area contributed by atoms with Crippen molar-refractivity contribution < 1.29 is 0 Å². The number of thioether (sulfide) groups is 1. The van der Waals surface area contributed by atoms with Crippen LogP contribution in [0.2, 0.25) is 0 Å². The number of benzene rings is 7. The monoisotopic (exact) mass is 1100 g/mol. The third-order valence-electron chi connectivity index (χ3n) is 22.4. The lowest BCUT2D eigenvalue weighted by atomic mass is 9.54. The Hall–Kier alpha value is -5.23. The Morgan fingerprint density at radius 1 is 0.457 bits per heavy atom. The fourth-order valence-electron chi connectivity index (χ4n) is 16.4. The number of nitrogens with zero attached hydrogens (tertiary/aromatic N) is 1. The molecule has 2 nitrogen and oxygen atoms in total. The number of thiophene rings is 1. The van der Waals surface area contributed by atoms with Crippen molar-refractivity contribution in [3.8, 4) is 11.1 Å². The molecule has 0 amide bonds. The number of hydrogen-bond acceptors (Lipinski definition) is 4. The molecule has 7 aromatic carbocycles. The van der Waals surface area contributed by atoms with E-state index in [2.05, 4.69) is 237 Å². The van der Waals surface area contributed by atoms with Crippen molar-refractivity contribution in [2.45, 2.75) is 217 Å². The minimum Gasteiger partial charge on any atom is -0.355 e. The molecule has 8 aromatic rings. The molecule has 6 aliphatic rings. The van der Waals surface area contributed by atoms with E-state index >= 15 is 0 Å². The standard InChI is InChI=1S/C76H87BN2S2/c1-43-34-51-55(74(12,13)31-28-70(51,4)5)39-59(43)79-60-35-44-20-18-19-21-46(44)64(67(60)77-66-49-38-54-56(40-62(49)80-42-61(66)79)75(14,15)32-30-73(54,10)11)65-58(78-45-22-24-50-52(36-45)71(6,7)27-26-69(50,2)3)25-23-47-48-37-53-57(41-63(48)81-68(47)65)76(16,17)33-29-72(53,8)9/h18-25,34-41,77-78H,26-33,42H2,1-17H3. The molecular formula is C76H87BN2S2. The van der Waals surface area contributed by atoms with E-state index in [1.807, 2.05) is 11.3 Å². The lowest BCUT2D eigenvalue weighted by Crippen LogP contribution is -2.39. The van der Waals surface area contributed by atoms with E-state index in [0.29, 0.717) is 0 Å². The molecule has 2 aliphatic heterocycles. The molecule has 0 radical (unpaired) electrons. The summed E-state index contributed by atoms with van der Waals surface area (Å²) in [5.41, 5.74) is 28.0. The van der Waals surface area contributed by atoms with Crippen LogP contribution in [0.15, 0.2) is 108 Å². The fourth-order valence-corrected chi connectivity index (χ4v) is 18.8. The molecule has 0 unspecified atom stereocenters. The summed E-state index contributed by atoms with van der Waals surface area (Å²) in [4.78, 5) is 4.27. The van der Waals surface area contributed by atoms with Gasteiger partial charge in [0.1, 0.15) is 0 Å². The number of aryl methyl sites for hydroxylation is 1. The van der Waals surface area contributed by atoms with Crippen LogP contribution in [0.25, 0.3) is 47.5 Å². The maximum absolute atomic E-state index is 4.28. The van der Waals surface area contributed by atoms with Crippen LogP contribution >= 0.6 is 23.1 Å². The first-order valence-electron chi connectivity index (χ1n) is 31.0. The Morgan fingerprint density at radius 2 is 0.988 bits per heavy atom. The molecule has 0 saturated carbocycles. The smallest absolute Gasteiger partial charge is 0.199 e. The van der Waals surface area contributed by atoms with Crippen molar-refractivity contribution in [1.29, 1.82) is 0 Å². The summed E-state index contributed by atoms with van der Waals surface area (Å²) in [6.07, 6.45) is 9.58. The van der Waals surface area contributed by atoms with E-state index in [1.165, 1.54) is 182 Å². The normalized spacial score (nSPS) is 21.7. The van der Waals surface area contributed by atoms with Gasteiger partial charge in [-0.05, 0) is 233 Å². The molecule has 1 aromatic heterocycles. The Labute approximate surface area is 494 Å². The zero-order valence-electron chi connectivity index (χ0n) is 52.1. The lowest BCUT2D eigenvalue weighted by Gasteiger charge is -2.45. The van der Waals surface area contributed by atoms with Gasteiger partial charge in [-0.25, -0.2) is 0 Å². The van der Waals surface area contributed by atoms with Gasteiger partial charge in [0.2, 0.25) is 0 Å². The average molecular weight is 1100 g/mol. The van der Waals surface area contributed by atoms with Gasteiger partial charge < -0.3 is 10.2 Å². The Morgan fingerprint density at radius 3 is 1.62 bits per heavy atom. The summed E-state index contributed by atoms with van der Waals surface area (Å²) in [5.74, 6) is 0.930. The second-order valence-electron chi connectivity index (χ2n) is 31.6. The van der Waals surface area contributed by atoms with Gasteiger partial charge >= 0.3 is 0 Å². The molecule has 3 heterocycles. The average Bonchev–Trinajstić information content (AvgIpc) is 3.40. The van der Waals surface area contributed by atoms with Gasteiger partial charge in [-0.3, -0.25) is 0 Å². The van der Waals surface area contributed by atoms with E-state index in [9.17, 15) is 0 Å². The number of anilines is 4. The van der Waals surface area contributed by atoms with E-state index in [4.69, 9.17) is 0 Å². The van der Waals surface area contributed by atoms with Gasteiger partial charge in [-0.15, -0.1) is 23.1 Å². The second kappa shape index (κ2) is 17.4. The molecule has 416 valence electrons. The van der Waals surface area contributed by atoms with Crippen LogP contribution in [0.1, 0.15) is 218 Å². The van der Waals surface area contributed by atoms with Gasteiger partial charge in [0.05, 0.1) is 0 Å². The summed E-state index contributed by atoms with van der Waals surface area (Å²) in [6, 6.07) is 40.2. The molecule has 4 aliphatic carbocycles. The SMILES string of the molecule is Cc1cc2c(cc1N1C3=C(Bc4c1cc1ccccc1c4-c1c(Nc4ccc5c(c4)C(C)(C)CCC5(C)C)ccc4c1sc1cc5c(cc14)C(C)(C)CCC5(C)C)c1cc4c(cc1SC3)C(C)(C)CCC4(C)C)C(C)(C)CCC2(C)C. The van der Waals surface area contributed by atoms with Crippen LogP contribution < -0.4 is 15.7 Å². The van der Waals surface area contributed by atoms with Gasteiger partial charge in [0.15, 0.2) is 7.28 Å². The van der Waals surface area contributed by atoms with Crippen LogP contribution in [0.3, 0.4) is 0 Å². The number of fused-ring (bicyclic) bond motifs is 11. The quantitative estimate of drug-likeness (QED) is 0.177. The van der Waals surface area contributed by atoms with Crippen molar-refractivity contribution in [1.82, 2.24) is 0 Å². The highest BCUT2D eigenvalue weighted by Gasteiger charge is 2.44. The number of rotatable bonds is 4. The molecule has 1 N–H and O–H groups in total. The molecule has 5 heteroatoms. The molecule has 0 atom stereocenters. The van der Waals surface area contributed by atoms with Crippen LogP contribution in [-0.4, -0.2) is 13.0 Å². The maximum Gasteiger partial charge on any atom is 0.199 e. The van der Waals surface area contributed by atoms with E-state index in [1.54, 1.807) is 11.1 Å². The number of nitrogens with one attached hydrogen (secondary N) is 1. The molecule has 14 rings (SSSR count). The van der Waals surface area contributed by atoms with Gasteiger partial charge in [0, 0.05) is 64.8 Å². The lowest BCUT2D eigenvalue weighted by molar-refractivity contribution is 0.331. The largest absolute Gasteiger partial charge is 0.355 e. The first kappa shape index (κ1) is 53.8. The van der Waals surface area contributed by atoms with Crippen molar-refractivity contribution in [3.63, 3.8) is 0 Å². The zero-order valence-corrected chi connectivity index (χ0v) is 53.7. The van der Waals surface area contributed by atoms with Gasteiger partial charge in [0.25, 0.3) is 0 Å². The first-order valence-corrected chi connectivity index (χ1v) is 32.8. The van der Waals surface area contributed by atoms with E-state index in [-0.39, 0.29) is 43.3 Å². The Balaban J connectivity index is 1.09. The highest BCUT2D eigenvalue weighted by atomic mass is 32.2.